The van der Waals surface area contributed by atoms with Crippen LogP contribution in [0.1, 0.15) is 0 Å². The molecule has 1 saturated heterocycles. The Morgan fingerprint density at radius 3 is 2.11 bits per heavy atom. The molecule has 1 fully saturated rings. The molecule has 0 N–H and O–H groups in total. The third kappa shape index (κ3) is 5.64. The SMILES string of the molecule is O=S(=O)(CCN1CCS(=NS(=O)(=O)c2ccccc2)CC1)c1ccc(Cl)cc1. The minimum atomic E-state index is -3.64. The molecule has 0 aromatic heterocycles. The number of halogens is 1. The van der Waals surface area contributed by atoms with Gasteiger partial charge in [0.25, 0.3) is 10.0 Å². The molecular weight excluding hydrogens is 440 g/mol. The summed E-state index contributed by atoms with van der Waals surface area (Å²) in [5, 5.41) is 0.496. The van der Waals surface area contributed by atoms with Gasteiger partial charge < -0.3 is 4.90 Å². The molecule has 0 amide bonds. The van der Waals surface area contributed by atoms with Crippen LogP contribution in [-0.4, -0.2) is 58.6 Å². The van der Waals surface area contributed by atoms with Crippen LogP contribution in [0.3, 0.4) is 0 Å². The summed E-state index contributed by atoms with van der Waals surface area (Å²) in [6.45, 7) is 1.67. The lowest BCUT2D eigenvalue weighted by Crippen LogP contribution is -2.40. The fourth-order valence-corrected chi connectivity index (χ4v) is 7.87. The van der Waals surface area contributed by atoms with Crippen LogP contribution in [0.25, 0.3) is 0 Å². The van der Waals surface area contributed by atoms with Crippen molar-refractivity contribution in [2.75, 3.05) is 36.9 Å². The second-order valence-corrected chi connectivity index (χ2v) is 12.7. The quantitative estimate of drug-likeness (QED) is 0.661. The first-order valence-electron chi connectivity index (χ1n) is 8.68. The van der Waals surface area contributed by atoms with Crippen molar-refractivity contribution in [1.82, 2.24) is 4.90 Å². The number of hydrogen-bond donors (Lipinski definition) is 0. The van der Waals surface area contributed by atoms with Crippen molar-refractivity contribution in [3.63, 3.8) is 0 Å². The van der Waals surface area contributed by atoms with Crippen molar-refractivity contribution in [3.05, 3.63) is 59.6 Å². The molecule has 0 bridgehead atoms. The molecule has 2 aromatic carbocycles. The van der Waals surface area contributed by atoms with Gasteiger partial charge in [0.05, 0.1) is 15.5 Å². The molecule has 0 aliphatic carbocycles. The molecule has 3 rings (SSSR count). The largest absolute Gasteiger partial charge is 0.301 e. The average Bonchev–Trinajstić information content (AvgIpc) is 2.68. The summed E-state index contributed by atoms with van der Waals surface area (Å²) >= 11 is 5.81. The number of nitrogens with zero attached hydrogens (tertiary/aromatic N) is 2. The predicted molar refractivity (Wildman–Crippen MR) is 113 cm³/mol. The number of sulfone groups is 1. The summed E-state index contributed by atoms with van der Waals surface area (Å²) in [6.07, 6.45) is 0. The molecule has 0 radical (unpaired) electrons. The highest BCUT2D eigenvalue weighted by atomic mass is 35.5. The van der Waals surface area contributed by atoms with Gasteiger partial charge >= 0.3 is 0 Å². The van der Waals surface area contributed by atoms with Gasteiger partial charge in [0.15, 0.2) is 9.84 Å². The van der Waals surface area contributed by atoms with Gasteiger partial charge in [0.1, 0.15) is 0 Å². The predicted octanol–water partition coefficient (Wildman–Crippen LogP) is 2.62. The zero-order valence-corrected chi connectivity index (χ0v) is 18.3. The lowest BCUT2D eigenvalue weighted by molar-refractivity contribution is 0.319. The van der Waals surface area contributed by atoms with Gasteiger partial charge in [-0.1, -0.05) is 40.5 Å². The summed E-state index contributed by atoms with van der Waals surface area (Å²) in [5.74, 6) is 1.25. The maximum Gasteiger partial charge on any atom is 0.287 e. The lowest BCUT2D eigenvalue weighted by Gasteiger charge is -2.27. The maximum absolute atomic E-state index is 12.4. The van der Waals surface area contributed by atoms with Crippen LogP contribution in [-0.2, 0) is 30.6 Å². The number of sulfonamides is 1. The van der Waals surface area contributed by atoms with Crippen molar-refractivity contribution in [3.8, 4) is 0 Å². The Hall–Kier alpha value is -1.26. The zero-order chi connectivity index (χ0) is 20.2. The Labute approximate surface area is 173 Å². The van der Waals surface area contributed by atoms with E-state index in [0.717, 1.165) is 0 Å². The smallest absolute Gasteiger partial charge is 0.287 e. The normalized spacial score (nSPS) is 16.8. The van der Waals surface area contributed by atoms with Crippen LogP contribution in [0.5, 0.6) is 0 Å². The fraction of sp³-hybridized carbons (Fsp3) is 0.333. The maximum atomic E-state index is 12.4. The molecule has 0 spiro atoms. The highest BCUT2D eigenvalue weighted by molar-refractivity contribution is 8.00. The highest BCUT2D eigenvalue weighted by Gasteiger charge is 2.21. The van der Waals surface area contributed by atoms with Crippen LogP contribution in [0, 0.1) is 0 Å². The lowest BCUT2D eigenvalue weighted by atomic mass is 10.4. The van der Waals surface area contributed by atoms with E-state index in [1.807, 2.05) is 4.90 Å². The first-order chi connectivity index (χ1) is 13.3. The van der Waals surface area contributed by atoms with Crippen LogP contribution >= 0.6 is 11.6 Å². The van der Waals surface area contributed by atoms with Gasteiger partial charge in [0.2, 0.25) is 0 Å². The Morgan fingerprint density at radius 2 is 1.50 bits per heavy atom. The molecule has 152 valence electrons. The number of hydrogen-bond acceptors (Lipinski definition) is 5. The minimum Gasteiger partial charge on any atom is -0.301 e. The third-order valence-electron chi connectivity index (χ3n) is 4.38. The number of benzene rings is 2. The van der Waals surface area contributed by atoms with Gasteiger partial charge in [0, 0.05) is 36.2 Å². The van der Waals surface area contributed by atoms with E-state index in [1.165, 1.54) is 12.1 Å². The molecule has 2 aromatic rings. The van der Waals surface area contributed by atoms with Crippen molar-refractivity contribution < 1.29 is 16.8 Å². The Morgan fingerprint density at radius 1 is 0.893 bits per heavy atom. The zero-order valence-electron chi connectivity index (χ0n) is 15.1. The molecule has 6 nitrogen and oxygen atoms in total. The topological polar surface area (TPSA) is 83.9 Å². The summed E-state index contributed by atoms with van der Waals surface area (Å²) in [5.41, 5.74) is 0. The van der Waals surface area contributed by atoms with Crippen LogP contribution in [0.4, 0.5) is 0 Å². The van der Waals surface area contributed by atoms with E-state index >= 15 is 0 Å². The van der Waals surface area contributed by atoms with Crippen LogP contribution < -0.4 is 0 Å². The van der Waals surface area contributed by atoms with Gasteiger partial charge in [-0.25, -0.2) is 8.42 Å². The fourth-order valence-electron chi connectivity index (χ4n) is 2.76. The number of rotatable bonds is 6. The van der Waals surface area contributed by atoms with Gasteiger partial charge in [-0.15, -0.1) is 3.77 Å². The van der Waals surface area contributed by atoms with Crippen LogP contribution in [0.2, 0.25) is 5.02 Å². The van der Waals surface area contributed by atoms with Crippen LogP contribution in [0.15, 0.2) is 68.2 Å². The van der Waals surface area contributed by atoms with Gasteiger partial charge in [-0.2, -0.15) is 8.42 Å². The average molecular weight is 461 g/mol. The summed E-state index contributed by atoms with van der Waals surface area (Å²) < 4.78 is 53.7. The first kappa shape index (κ1) is 21.4. The van der Waals surface area contributed by atoms with Gasteiger partial charge in [-0.3, -0.25) is 0 Å². The van der Waals surface area contributed by atoms with Crippen molar-refractivity contribution in [2.24, 2.45) is 3.77 Å². The van der Waals surface area contributed by atoms with Crippen molar-refractivity contribution in [2.45, 2.75) is 9.79 Å². The van der Waals surface area contributed by atoms with E-state index in [2.05, 4.69) is 3.77 Å². The monoisotopic (exact) mass is 460 g/mol. The van der Waals surface area contributed by atoms with Crippen molar-refractivity contribution in [1.29, 1.82) is 0 Å². The third-order valence-corrected chi connectivity index (χ3v) is 10.1. The molecule has 1 aliphatic rings. The van der Waals surface area contributed by atoms with E-state index in [-0.39, 0.29) is 15.5 Å². The molecule has 28 heavy (non-hydrogen) atoms. The van der Waals surface area contributed by atoms with E-state index in [0.29, 0.717) is 36.2 Å². The Bertz CT molecular complexity index is 1040. The van der Waals surface area contributed by atoms with Gasteiger partial charge in [-0.05, 0) is 36.4 Å². The molecule has 0 atom stereocenters. The molecule has 1 aliphatic heterocycles. The van der Waals surface area contributed by atoms with E-state index in [4.69, 9.17) is 11.6 Å². The summed E-state index contributed by atoms with van der Waals surface area (Å²) in [7, 11) is -7.58. The molecule has 10 heteroatoms. The second-order valence-electron chi connectivity index (χ2n) is 6.35. The molecule has 1 heterocycles. The standard InChI is InChI=1S/C18H21ClN2O4S3/c19-16-6-8-17(9-7-16)27(22,23)15-12-21-10-13-26(14-11-21)20-28(24,25)18-4-2-1-3-5-18/h1-9H,10-15H2. The molecule has 0 unspecified atom stereocenters. The summed E-state index contributed by atoms with van der Waals surface area (Å²) in [4.78, 5) is 2.51. The first-order valence-corrected chi connectivity index (χ1v) is 13.7. The van der Waals surface area contributed by atoms with E-state index < -0.39 is 30.6 Å². The Balaban J connectivity index is 1.56. The Kier molecular flexibility index (Phi) is 6.93. The van der Waals surface area contributed by atoms with E-state index in [1.54, 1.807) is 42.5 Å². The molecule has 0 saturated carbocycles. The molecular formula is C18H21ClN2O4S3. The minimum absolute atomic E-state index is 0.0157. The van der Waals surface area contributed by atoms with E-state index in [9.17, 15) is 16.8 Å². The van der Waals surface area contributed by atoms with Crippen molar-refractivity contribution >= 4 is 42.2 Å². The highest BCUT2D eigenvalue weighted by Crippen LogP contribution is 2.17. The second kappa shape index (κ2) is 9.04. The summed E-state index contributed by atoms with van der Waals surface area (Å²) in [6, 6.07) is 14.4.